The second-order valence-electron chi connectivity index (χ2n) is 5.76. The Kier molecular flexibility index (Phi) is 6.13. The van der Waals surface area contributed by atoms with Crippen molar-refractivity contribution in [1.82, 2.24) is 10.6 Å². The fourth-order valence-corrected chi connectivity index (χ4v) is 4.06. The third-order valence-corrected chi connectivity index (χ3v) is 5.45. The van der Waals surface area contributed by atoms with Crippen molar-refractivity contribution in [1.29, 1.82) is 0 Å². The molecular formula is C15H22N4O4S. The van der Waals surface area contributed by atoms with E-state index in [9.17, 15) is 18.5 Å². The molecule has 1 aliphatic heterocycles. The molecule has 0 aliphatic carbocycles. The number of aliphatic imine (C=N–C) groups is 1. The Morgan fingerprint density at radius 2 is 2.08 bits per heavy atom. The van der Waals surface area contributed by atoms with E-state index in [0.29, 0.717) is 18.9 Å². The molecule has 24 heavy (non-hydrogen) atoms. The van der Waals surface area contributed by atoms with Gasteiger partial charge in [0.05, 0.1) is 23.0 Å². The summed E-state index contributed by atoms with van der Waals surface area (Å²) in [6.07, 6.45) is 1.49. The van der Waals surface area contributed by atoms with Gasteiger partial charge in [-0.3, -0.25) is 10.1 Å². The third kappa shape index (κ3) is 5.48. The summed E-state index contributed by atoms with van der Waals surface area (Å²) >= 11 is 0. The van der Waals surface area contributed by atoms with Crippen LogP contribution in [0.4, 0.5) is 5.69 Å². The molecule has 1 aromatic carbocycles. The van der Waals surface area contributed by atoms with Gasteiger partial charge in [0.25, 0.3) is 5.69 Å². The van der Waals surface area contributed by atoms with Crippen LogP contribution in [0.25, 0.3) is 0 Å². The lowest BCUT2D eigenvalue weighted by Gasteiger charge is -2.16. The summed E-state index contributed by atoms with van der Waals surface area (Å²) in [5, 5.41) is 17.0. The molecule has 0 saturated carbocycles. The number of guanidine groups is 1. The van der Waals surface area contributed by atoms with Gasteiger partial charge in [0.2, 0.25) is 0 Å². The van der Waals surface area contributed by atoms with Gasteiger partial charge in [-0.2, -0.15) is 0 Å². The molecule has 1 heterocycles. The van der Waals surface area contributed by atoms with Crippen LogP contribution in [0.1, 0.15) is 25.3 Å². The zero-order chi connectivity index (χ0) is 17.6. The zero-order valence-corrected chi connectivity index (χ0v) is 14.4. The molecule has 0 spiro atoms. The highest BCUT2D eigenvalue weighted by Crippen LogP contribution is 2.13. The van der Waals surface area contributed by atoms with Gasteiger partial charge in [-0.15, -0.1) is 0 Å². The molecule has 2 N–H and O–H groups in total. The number of benzene rings is 1. The smallest absolute Gasteiger partial charge is 0.269 e. The fourth-order valence-electron chi connectivity index (χ4n) is 2.39. The molecule has 1 fully saturated rings. The number of nitrogens with one attached hydrogen (secondary N) is 2. The topological polar surface area (TPSA) is 114 Å². The maximum Gasteiger partial charge on any atom is 0.269 e. The first-order valence-corrected chi connectivity index (χ1v) is 9.70. The molecule has 1 unspecified atom stereocenters. The van der Waals surface area contributed by atoms with Gasteiger partial charge in [0, 0.05) is 24.7 Å². The van der Waals surface area contributed by atoms with Gasteiger partial charge in [0.1, 0.15) is 0 Å². The van der Waals surface area contributed by atoms with Crippen molar-refractivity contribution in [2.24, 2.45) is 4.99 Å². The summed E-state index contributed by atoms with van der Waals surface area (Å²) in [5.74, 6) is 0.892. The van der Waals surface area contributed by atoms with E-state index < -0.39 is 14.8 Å². The summed E-state index contributed by atoms with van der Waals surface area (Å²) in [7, 11) is -2.95. The standard InChI is InChI=1S/C15H22N4O4S/c1-2-8-16-15(18-13-7-9-24(22,23)11-13)17-10-12-3-5-14(6-4-12)19(20)21/h3-6,13H,2,7-11H2,1H3,(H2,16,17,18). The molecular weight excluding hydrogens is 332 g/mol. The van der Waals surface area contributed by atoms with Crippen LogP contribution in [0.2, 0.25) is 0 Å². The maximum absolute atomic E-state index is 11.5. The lowest BCUT2D eigenvalue weighted by atomic mass is 10.2. The van der Waals surface area contributed by atoms with E-state index in [-0.39, 0.29) is 23.2 Å². The lowest BCUT2D eigenvalue weighted by Crippen LogP contribution is -2.44. The average Bonchev–Trinajstić information content (AvgIpc) is 2.89. The van der Waals surface area contributed by atoms with Crippen molar-refractivity contribution in [2.75, 3.05) is 18.1 Å². The molecule has 1 aliphatic rings. The summed E-state index contributed by atoms with van der Waals surface area (Å²) in [4.78, 5) is 14.7. The summed E-state index contributed by atoms with van der Waals surface area (Å²) in [6.45, 7) is 3.11. The van der Waals surface area contributed by atoms with Gasteiger partial charge in [-0.05, 0) is 18.4 Å². The van der Waals surface area contributed by atoms with Gasteiger partial charge in [-0.25, -0.2) is 13.4 Å². The maximum atomic E-state index is 11.5. The van der Waals surface area contributed by atoms with Crippen LogP contribution in [0, 0.1) is 10.1 Å². The van der Waals surface area contributed by atoms with Crippen LogP contribution in [0.5, 0.6) is 0 Å². The number of hydrogen-bond acceptors (Lipinski definition) is 5. The van der Waals surface area contributed by atoms with E-state index in [2.05, 4.69) is 15.6 Å². The van der Waals surface area contributed by atoms with Crippen LogP contribution in [0.3, 0.4) is 0 Å². The molecule has 1 saturated heterocycles. The summed E-state index contributed by atoms with van der Waals surface area (Å²) < 4.78 is 23.1. The summed E-state index contributed by atoms with van der Waals surface area (Å²) in [5.41, 5.74) is 0.888. The highest BCUT2D eigenvalue weighted by molar-refractivity contribution is 7.91. The van der Waals surface area contributed by atoms with Crippen molar-refractivity contribution >= 4 is 21.5 Å². The Hall–Kier alpha value is -2.16. The van der Waals surface area contributed by atoms with Crippen molar-refractivity contribution in [3.8, 4) is 0 Å². The molecule has 0 radical (unpaired) electrons. The van der Waals surface area contributed by atoms with Crippen molar-refractivity contribution < 1.29 is 13.3 Å². The van der Waals surface area contributed by atoms with Crippen LogP contribution in [-0.2, 0) is 16.4 Å². The highest BCUT2D eigenvalue weighted by atomic mass is 32.2. The summed E-state index contributed by atoms with van der Waals surface area (Å²) in [6, 6.07) is 6.09. The van der Waals surface area contributed by atoms with E-state index in [1.165, 1.54) is 12.1 Å². The third-order valence-electron chi connectivity index (χ3n) is 3.68. The van der Waals surface area contributed by atoms with Crippen molar-refractivity contribution in [3.63, 3.8) is 0 Å². The Morgan fingerprint density at radius 1 is 1.38 bits per heavy atom. The van der Waals surface area contributed by atoms with Gasteiger partial charge in [0.15, 0.2) is 15.8 Å². The van der Waals surface area contributed by atoms with Crippen LogP contribution < -0.4 is 10.6 Å². The Morgan fingerprint density at radius 3 is 2.62 bits per heavy atom. The monoisotopic (exact) mass is 354 g/mol. The lowest BCUT2D eigenvalue weighted by molar-refractivity contribution is -0.384. The molecule has 0 amide bonds. The van der Waals surface area contributed by atoms with Crippen molar-refractivity contribution in [2.45, 2.75) is 32.4 Å². The fraction of sp³-hybridized carbons (Fsp3) is 0.533. The normalized spacial score (nSPS) is 19.9. The van der Waals surface area contributed by atoms with E-state index in [4.69, 9.17) is 0 Å². The molecule has 9 heteroatoms. The molecule has 0 aromatic heterocycles. The average molecular weight is 354 g/mol. The van der Waals surface area contributed by atoms with Crippen LogP contribution in [-0.4, -0.2) is 43.4 Å². The van der Waals surface area contributed by atoms with E-state index in [1.54, 1.807) is 12.1 Å². The number of nitro groups is 1. The molecule has 1 aromatic rings. The minimum absolute atomic E-state index is 0.0429. The SMILES string of the molecule is CCCNC(=NCc1ccc([N+](=O)[O-])cc1)NC1CCS(=O)(=O)C1. The second-order valence-corrected chi connectivity index (χ2v) is 7.99. The number of nitrogens with zero attached hydrogens (tertiary/aromatic N) is 2. The van der Waals surface area contributed by atoms with Crippen LogP contribution >= 0.6 is 0 Å². The quantitative estimate of drug-likeness (QED) is 0.344. The van der Waals surface area contributed by atoms with E-state index in [0.717, 1.165) is 18.5 Å². The van der Waals surface area contributed by atoms with Gasteiger partial charge in [-0.1, -0.05) is 19.1 Å². The van der Waals surface area contributed by atoms with Gasteiger partial charge < -0.3 is 10.6 Å². The van der Waals surface area contributed by atoms with Crippen molar-refractivity contribution in [3.05, 3.63) is 39.9 Å². The van der Waals surface area contributed by atoms with Gasteiger partial charge >= 0.3 is 0 Å². The number of nitro benzene ring substituents is 1. The highest BCUT2D eigenvalue weighted by Gasteiger charge is 2.28. The molecule has 1 atom stereocenters. The predicted octanol–water partition coefficient (Wildman–Crippen LogP) is 1.23. The minimum Gasteiger partial charge on any atom is -0.356 e. The first kappa shape index (κ1) is 18.2. The minimum atomic E-state index is -2.95. The van der Waals surface area contributed by atoms with E-state index in [1.807, 2.05) is 6.92 Å². The predicted molar refractivity (Wildman–Crippen MR) is 92.7 cm³/mol. The zero-order valence-electron chi connectivity index (χ0n) is 13.6. The molecule has 0 bridgehead atoms. The Labute approximate surface area is 141 Å². The second kappa shape index (κ2) is 8.09. The number of rotatable bonds is 6. The first-order chi connectivity index (χ1) is 11.4. The molecule has 8 nitrogen and oxygen atoms in total. The van der Waals surface area contributed by atoms with E-state index >= 15 is 0 Å². The number of sulfone groups is 1. The molecule has 2 rings (SSSR count). The number of hydrogen-bond donors (Lipinski definition) is 2. The Bertz CT molecular complexity index is 701. The molecule has 132 valence electrons. The Balaban J connectivity index is 2.00. The number of non-ortho nitro benzene ring substituents is 1. The van der Waals surface area contributed by atoms with Crippen LogP contribution in [0.15, 0.2) is 29.3 Å². The first-order valence-electron chi connectivity index (χ1n) is 7.88. The largest absolute Gasteiger partial charge is 0.356 e.